The molecule has 250 valence electrons. The lowest BCUT2D eigenvalue weighted by Crippen LogP contribution is -2.24. The van der Waals surface area contributed by atoms with Crippen LogP contribution in [0.5, 0.6) is 0 Å². The zero-order valence-electron chi connectivity index (χ0n) is 26.2. The molecule has 0 N–H and O–H groups in total. The van der Waals surface area contributed by atoms with Crippen LogP contribution in [0.4, 0.5) is 0 Å². The van der Waals surface area contributed by atoms with Gasteiger partial charge in [-0.15, -0.1) is 56.7 Å². The van der Waals surface area contributed by atoms with E-state index in [2.05, 4.69) is 0 Å². The summed E-state index contributed by atoms with van der Waals surface area (Å²) in [4.78, 5) is 63.2. The summed E-state index contributed by atoms with van der Waals surface area (Å²) in [5, 5.41) is 43.3. The zero-order valence-corrected chi connectivity index (χ0v) is 30.3. The largest absolute Gasteiger partial charge is 0.274 e. The second-order valence-corrected chi connectivity index (χ2v) is 16.4. The molecule has 0 unspecified atom stereocenters. The summed E-state index contributed by atoms with van der Waals surface area (Å²) in [6, 6.07) is 17.9. The number of nitrogens with zero attached hydrogens (tertiary/aromatic N) is 8. The Bertz CT molecular complexity index is 2650. The molecule has 9 rings (SSSR count). The number of hydrogen-bond donors (Lipinski definition) is 0. The molecule has 0 aromatic carbocycles. The summed E-state index contributed by atoms with van der Waals surface area (Å²) in [5.41, 5.74) is 0.686. The molecular weight excluding hydrogens is 769 g/mol. The third kappa shape index (κ3) is 4.44. The van der Waals surface area contributed by atoms with Crippen LogP contribution in [0.3, 0.4) is 0 Å². The number of fused-ring (bicyclic) bond motifs is 2. The van der Waals surface area contributed by atoms with E-state index in [1.807, 2.05) is 49.0 Å². The van der Waals surface area contributed by atoms with E-state index in [0.29, 0.717) is 19.5 Å². The van der Waals surface area contributed by atoms with Gasteiger partial charge in [-0.2, -0.15) is 21.0 Å². The van der Waals surface area contributed by atoms with E-state index < -0.39 is 23.6 Å². The summed E-state index contributed by atoms with van der Waals surface area (Å²) in [5.74, 6) is -2.69. The molecule has 0 fully saturated rings. The highest BCUT2D eigenvalue weighted by molar-refractivity contribution is 7.27. The smallest absolute Gasteiger partial charge is 0.267 e. The molecule has 53 heavy (non-hydrogen) atoms. The number of thiophene rings is 5. The molecule has 4 aliphatic heterocycles. The number of carbonyl (C=O) groups excluding carboxylic acids is 4. The van der Waals surface area contributed by atoms with Gasteiger partial charge in [0.25, 0.3) is 23.6 Å². The van der Waals surface area contributed by atoms with Gasteiger partial charge in [-0.25, -0.2) is 19.6 Å². The maximum absolute atomic E-state index is 13.5. The van der Waals surface area contributed by atoms with Crippen molar-refractivity contribution in [3.8, 4) is 44.3 Å². The molecule has 9 heterocycles. The fraction of sp³-hybridized carbons (Fsp3) is 0. The van der Waals surface area contributed by atoms with Crippen molar-refractivity contribution >= 4 is 103 Å². The van der Waals surface area contributed by atoms with E-state index >= 15 is 0 Å². The van der Waals surface area contributed by atoms with Crippen LogP contribution in [-0.2, 0) is 19.2 Å². The first-order valence-electron chi connectivity index (χ1n) is 15.1. The van der Waals surface area contributed by atoms with Crippen molar-refractivity contribution in [3.63, 3.8) is 0 Å². The molecule has 5 aromatic rings. The summed E-state index contributed by atoms with van der Waals surface area (Å²) in [7, 11) is 0. The Morgan fingerprint density at radius 3 is 0.906 bits per heavy atom. The maximum Gasteiger partial charge on any atom is 0.274 e. The number of rotatable bonds is 6. The van der Waals surface area contributed by atoms with Gasteiger partial charge in [0.1, 0.15) is 0 Å². The minimum Gasteiger partial charge on any atom is -0.267 e. The van der Waals surface area contributed by atoms with E-state index in [-0.39, 0.29) is 45.1 Å². The zero-order chi connectivity index (χ0) is 36.7. The van der Waals surface area contributed by atoms with Crippen LogP contribution in [0.25, 0.3) is 42.3 Å². The summed E-state index contributed by atoms with van der Waals surface area (Å²) < 4.78 is 0. The quantitative estimate of drug-likeness (QED) is 0.168. The average molecular weight is 781 g/mol. The van der Waals surface area contributed by atoms with Crippen molar-refractivity contribution in [2.75, 3.05) is 0 Å². The molecule has 0 atom stereocenters. The van der Waals surface area contributed by atoms with E-state index in [1.54, 1.807) is 47.2 Å². The average Bonchev–Trinajstić information content (AvgIpc) is 4.01. The second-order valence-electron chi connectivity index (χ2n) is 11.3. The normalized spacial score (nSPS) is 16.7. The van der Waals surface area contributed by atoms with E-state index in [9.17, 15) is 40.2 Å². The van der Waals surface area contributed by atoms with Gasteiger partial charge in [0.15, 0.2) is 24.8 Å². The van der Waals surface area contributed by atoms with E-state index in [4.69, 9.17) is 0 Å². The monoisotopic (exact) mass is 780 g/mol. The SMILES string of the molecule is N#CN1C(=O)C2=C(c3ccc(-c4ccc(-c5ccc(C6=C7C(=O)N(C#N)C(c8cccs8)=C7C(=O)N6C#N)s5)s4)s3)N(C#N)C(=O)C2=C1c1cccs1. The third-order valence-corrected chi connectivity index (χ3v) is 14.1. The molecule has 0 radical (unpaired) electrons. The van der Waals surface area contributed by atoms with Crippen LogP contribution >= 0.6 is 56.7 Å². The Labute approximate surface area is 318 Å². The van der Waals surface area contributed by atoms with E-state index in [1.165, 1.54) is 56.7 Å². The van der Waals surface area contributed by atoms with E-state index in [0.717, 1.165) is 39.1 Å². The first-order chi connectivity index (χ1) is 25.8. The molecule has 0 bridgehead atoms. The molecule has 12 nitrogen and oxygen atoms in total. The molecule has 0 spiro atoms. The van der Waals surface area contributed by atoms with Crippen LogP contribution in [0.15, 0.2) is 93.7 Å². The Kier molecular flexibility index (Phi) is 7.26. The molecule has 0 saturated carbocycles. The predicted octanol–water partition coefficient (Wildman–Crippen LogP) is 6.87. The molecule has 4 amide bonds. The lowest BCUT2D eigenvalue weighted by Gasteiger charge is -2.14. The summed E-state index contributed by atoms with van der Waals surface area (Å²) in [6.45, 7) is 0. The van der Waals surface area contributed by atoms with Crippen LogP contribution in [0, 0.1) is 45.8 Å². The fourth-order valence-corrected chi connectivity index (χ4v) is 11.4. The number of amides is 4. The number of nitriles is 4. The van der Waals surface area contributed by atoms with Crippen molar-refractivity contribution in [1.82, 2.24) is 19.6 Å². The van der Waals surface area contributed by atoms with Gasteiger partial charge >= 0.3 is 0 Å². The van der Waals surface area contributed by atoms with Crippen LogP contribution in [0.2, 0.25) is 0 Å². The van der Waals surface area contributed by atoms with Crippen molar-refractivity contribution in [3.05, 3.63) is 113 Å². The Hall–Kier alpha value is -6.70. The van der Waals surface area contributed by atoms with Gasteiger partial charge in [-0.1, -0.05) is 12.1 Å². The van der Waals surface area contributed by atoms with Crippen molar-refractivity contribution < 1.29 is 19.2 Å². The minimum absolute atomic E-state index is 0.0132. The van der Waals surface area contributed by atoms with Crippen LogP contribution in [-0.4, -0.2) is 43.2 Å². The van der Waals surface area contributed by atoms with Gasteiger partial charge in [0, 0.05) is 19.5 Å². The van der Waals surface area contributed by atoms with Gasteiger partial charge in [0.2, 0.25) is 0 Å². The predicted molar refractivity (Wildman–Crippen MR) is 197 cm³/mol. The van der Waals surface area contributed by atoms with Crippen LogP contribution < -0.4 is 0 Å². The van der Waals surface area contributed by atoms with Gasteiger partial charge in [-0.05, 0) is 59.3 Å². The standard InChI is InChI=1S/C36H12N8O4S5/c37-13-41-29(21-3-1-11-49-21)25-27(35(41)47)31(43(15-39)33(25)45)23-9-7-19(52-23)17-5-6-18(51-17)20-8-10-24(53-20)32-28-26(34(46)44(32)16-40)30(22-4-2-12-50-22)42(14-38)36(28)48/h1-12H. The molecule has 17 heteroatoms. The number of carbonyl (C=O) groups is 4. The summed E-state index contributed by atoms with van der Waals surface area (Å²) >= 11 is 6.59. The third-order valence-electron chi connectivity index (χ3n) is 8.69. The summed E-state index contributed by atoms with van der Waals surface area (Å²) in [6.07, 6.45) is 7.60. The molecule has 5 aromatic heterocycles. The highest BCUT2D eigenvalue weighted by atomic mass is 32.1. The first kappa shape index (κ1) is 32.2. The topological polar surface area (TPSA) is 176 Å². The molecule has 0 aliphatic carbocycles. The highest BCUT2D eigenvalue weighted by Gasteiger charge is 2.51. The second kappa shape index (κ2) is 11.9. The Morgan fingerprint density at radius 1 is 0.377 bits per heavy atom. The molecule has 0 saturated heterocycles. The van der Waals surface area contributed by atoms with Crippen molar-refractivity contribution in [2.45, 2.75) is 0 Å². The molecule has 4 aliphatic rings. The first-order valence-corrected chi connectivity index (χ1v) is 19.4. The highest BCUT2D eigenvalue weighted by Crippen LogP contribution is 2.51. The minimum atomic E-state index is -0.672. The van der Waals surface area contributed by atoms with Gasteiger partial charge in [0.05, 0.1) is 64.6 Å². The lowest BCUT2D eigenvalue weighted by molar-refractivity contribution is -0.122. The van der Waals surface area contributed by atoms with Crippen LogP contribution in [0.1, 0.15) is 19.5 Å². The number of hydrogen-bond acceptors (Lipinski definition) is 13. The lowest BCUT2D eigenvalue weighted by atomic mass is 10.1. The Morgan fingerprint density at radius 2 is 0.642 bits per heavy atom. The van der Waals surface area contributed by atoms with Gasteiger partial charge in [-0.3, -0.25) is 19.2 Å². The van der Waals surface area contributed by atoms with Gasteiger partial charge < -0.3 is 0 Å². The maximum atomic E-state index is 13.5. The Balaban J connectivity index is 1.07. The molecular formula is C36H12N8O4S5. The fourth-order valence-electron chi connectivity index (χ4n) is 6.55. The van der Waals surface area contributed by atoms with Crippen molar-refractivity contribution in [1.29, 1.82) is 21.0 Å². The van der Waals surface area contributed by atoms with Crippen molar-refractivity contribution in [2.24, 2.45) is 0 Å².